The third-order valence-corrected chi connectivity index (χ3v) is 8.96. The van der Waals surface area contributed by atoms with Crippen LogP contribution in [0.4, 0.5) is 0 Å². The maximum absolute atomic E-state index is 6.55. The molecule has 1 aliphatic rings. The summed E-state index contributed by atoms with van der Waals surface area (Å²) in [6.45, 7) is 8.31. The van der Waals surface area contributed by atoms with E-state index in [2.05, 4.69) is 100 Å². The number of para-hydroxylation sites is 2. The van der Waals surface area contributed by atoms with E-state index in [1.54, 1.807) is 0 Å². The zero-order valence-electron chi connectivity index (χ0n) is 23.5. The van der Waals surface area contributed by atoms with Crippen LogP contribution >= 0.6 is 0 Å². The summed E-state index contributed by atoms with van der Waals surface area (Å²) in [5.74, 6) is 0. The smallest absolute Gasteiger partial charge is 0.456 e. The molecule has 0 spiro atoms. The molecule has 0 unspecified atom stereocenters. The van der Waals surface area contributed by atoms with Crippen LogP contribution in [0.3, 0.4) is 0 Å². The zero-order valence-corrected chi connectivity index (χ0v) is 23.5. The third kappa shape index (κ3) is 3.69. The molecular formula is C36H29BO4. The minimum absolute atomic E-state index is 0.377. The summed E-state index contributed by atoms with van der Waals surface area (Å²) in [4.78, 5) is 0. The van der Waals surface area contributed by atoms with Crippen molar-refractivity contribution in [1.82, 2.24) is 0 Å². The van der Waals surface area contributed by atoms with E-state index in [1.165, 1.54) is 0 Å². The molecule has 2 aromatic heterocycles. The highest BCUT2D eigenvalue weighted by atomic mass is 16.7. The average Bonchev–Trinajstić information content (AvgIpc) is 3.61. The maximum atomic E-state index is 6.55. The van der Waals surface area contributed by atoms with E-state index in [4.69, 9.17) is 18.1 Å². The Morgan fingerprint density at radius 1 is 0.512 bits per heavy atom. The number of hydrogen-bond donors (Lipinski definition) is 0. The van der Waals surface area contributed by atoms with Gasteiger partial charge in [-0.15, -0.1) is 0 Å². The van der Waals surface area contributed by atoms with Gasteiger partial charge in [0.25, 0.3) is 0 Å². The van der Waals surface area contributed by atoms with E-state index in [0.29, 0.717) is 0 Å². The molecule has 7 aromatic rings. The normalized spacial score (nSPS) is 16.4. The van der Waals surface area contributed by atoms with Gasteiger partial charge in [-0.3, -0.25) is 0 Å². The Bertz CT molecular complexity index is 2100. The third-order valence-electron chi connectivity index (χ3n) is 8.96. The summed E-state index contributed by atoms with van der Waals surface area (Å²) in [5, 5.41) is 4.45. The van der Waals surface area contributed by atoms with Crippen molar-refractivity contribution in [3.8, 4) is 22.3 Å². The number of benzene rings is 5. The molecule has 0 radical (unpaired) electrons. The molecule has 0 bridgehead atoms. The van der Waals surface area contributed by atoms with Gasteiger partial charge >= 0.3 is 7.12 Å². The lowest BCUT2D eigenvalue weighted by Crippen LogP contribution is -2.41. The fourth-order valence-corrected chi connectivity index (χ4v) is 5.99. The van der Waals surface area contributed by atoms with Crippen molar-refractivity contribution in [1.29, 1.82) is 0 Å². The summed E-state index contributed by atoms with van der Waals surface area (Å²) < 4.78 is 25.3. The highest BCUT2D eigenvalue weighted by Crippen LogP contribution is 2.43. The molecule has 0 N–H and O–H groups in total. The van der Waals surface area contributed by atoms with Crippen molar-refractivity contribution in [2.24, 2.45) is 0 Å². The zero-order chi connectivity index (χ0) is 27.9. The standard InChI is InChI=1S/C36H29BO4/c1-35(2)36(3,4)41-37(40-35)24-16-13-22(14-17-24)26-20-19-25(33-29-10-6-8-12-31(29)39-34(26)33)23-15-18-28-27-9-5-7-11-30(27)38-32(28)21-23/h5-21H,1-4H3. The van der Waals surface area contributed by atoms with Gasteiger partial charge in [-0.25, -0.2) is 0 Å². The molecule has 4 nitrogen and oxygen atoms in total. The summed E-state index contributed by atoms with van der Waals surface area (Å²) in [6, 6.07) is 35.7. The fourth-order valence-electron chi connectivity index (χ4n) is 5.99. The van der Waals surface area contributed by atoms with E-state index in [1.807, 2.05) is 30.3 Å². The quantitative estimate of drug-likeness (QED) is 0.211. The molecule has 1 saturated heterocycles. The number of rotatable bonds is 3. The number of fused-ring (bicyclic) bond motifs is 6. The first-order valence-electron chi connectivity index (χ1n) is 14.1. The molecule has 0 aliphatic carbocycles. The van der Waals surface area contributed by atoms with Crippen LogP contribution in [0.2, 0.25) is 0 Å². The van der Waals surface area contributed by atoms with Gasteiger partial charge < -0.3 is 18.1 Å². The van der Waals surface area contributed by atoms with Gasteiger partial charge in [-0.1, -0.05) is 72.8 Å². The largest absolute Gasteiger partial charge is 0.494 e. The van der Waals surface area contributed by atoms with Crippen molar-refractivity contribution in [2.75, 3.05) is 0 Å². The second-order valence-corrected chi connectivity index (χ2v) is 12.0. The van der Waals surface area contributed by atoms with Crippen LogP contribution in [0.1, 0.15) is 27.7 Å². The van der Waals surface area contributed by atoms with Crippen LogP contribution in [-0.2, 0) is 9.31 Å². The predicted molar refractivity (Wildman–Crippen MR) is 168 cm³/mol. The van der Waals surface area contributed by atoms with Crippen LogP contribution in [0.25, 0.3) is 66.1 Å². The first kappa shape index (κ1) is 24.5. The minimum atomic E-state index is -0.393. The van der Waals surface area contributed by atoms with Gasteiger partial charge in [0.15, 0.2) is 0 Å². The van der Waals surface area contributed by atoms with Gasteiger partial charge in [0.2, 0.25) is 0 Å². The van der Waals surface area contributed by atoms with Crippen LogP contribution in [0.15, 0.2) is 112 Å². The molecule has 1 aliphatic heterocycles. The average molecular weight is 536 g/mol. The Morgan fingerprint density at radius 3 is 1.83 bits per heavy atom. The van der Waals surface area contributed by atoms with Crippen LogP contribution in [0, 0.1) is 0 Å². The van der Waals surface area contributed by atoms with Crippen molar-refractivity contribution < 1.29 is 18.1 Å². The Kier molecular flexibility index (Phi) is 5.13. The maximum Gasteiger partial charge on any atom is 0.494 e. The van der Waals surface area contributed by atoms with E-state index in [0.717, 1.165) is 71.6 Å². The first-order valence-corrected chi connectivity index (χ1v) is 14.1. The molecule has 0 amide bonds. The molecule has 3 heterocycles. The molecule has 1 fully saturated rings. The summed E-state index contributed by atoms with van der Waals surface area (Å²) in [5.41, 5.74) is 8.11. The Hall–Kier alpha value is -4.32. The second-order valence-electron chi connectivity index (χ2n) is 12.0. The van der Waals surface area contributed by atoms with Crippen LogP contribution < -0.4 is 5.46 Å². The topological polar surface area (TPSA) is 44.7 Å². The lowest BCUT2D eigenvalue weighted by atomic mass is 9.78. The highest BCUT2D eigenvalue weighted by Gasteiger charge is 2.51. The predicted octanol–water partition coefficient (Wildman–Crippen LogP) is 9.12. The number of hydrogen-bond acceptors (Lipinski definition) is 4. The van der Waals surface area contributed by atoms with E-state index < -0.39 is 7.12 Å². The Labute approximate surface area is 238 Å². The fraction of sp³-hybridized carbons (Fsp3) is 0.167. The summed E-state index contributed by atoms with van der Waals surface area (Å²) in [6.07, 6.45) is 0. The lowest BCUT2D eigenvalue weighted by molar-refractivity contribution is 0.00578. The summed E-state index contributed by atoms with van der Waals surface area (Å²) in [7, 11) is -0.393. The monoisotopic (exact) mass is 536 g/mol. The molecule has 5 aromatic carbocycles. The molecule has 5 heteroatoms. The molecule has 200 valence electrons. The minimum Gasteiger partial charge on any atom is -0.456 e. The molecular weight excluding hydrogens is 507 g/mol. The van der Waals surface area contributed by atoms with Gasteiger partial charge in [-0.2, -0.15) is 0 Å². The lowest BCUT2D eigenvalue weighted by Gasteiger charge is -2.32. The van der Waals surface area contributed by atoms with Gasteiger partial charge in [0.1, 0.15) is 22.3 Å². The van der Waals surface area contributed by atoms with Crippen LogP contribution in [-0.4, -0.2) is 18.3 Å². The van der Waals surface area contributed by atoms with Crippen molar-refractivity contribution in [2.45, 2.75) is 38.9 Å². The Balaban J connectivity index is 1.26. The summed E-state index contributed by atoms with van der Waals surface area (Å²) >= 11 is 0. The molecule has 0 saturated carbocycles. The Morgan fingerprint density at radius 2 is 1.10 bits per heavy atom. The van der Waals surface area contributed by atoms with Gasteiger partial charge in [0, 0.05) is 27.1 Å². The number of furan rings is 2. The van der Waals surface area contributed by atoms with Gasteiger partial charge in [0.05, 0.1) is 11.2 Å². The van der Waals surface area contributed by atoms with Crippen LogP contribution in [0.5, 0.6) is 0 Å². The second kappa shape index (κ2) is 8.59. The van der Waals surface area contributed by atoms with Crippen molar-refractivity contribution >= 4 is 56.5 Å². The molecule has 8 rings (SSSR count). The van der Waals surface area contributed by atoms with Crippen molar-refractivity contribution in [3.63, 3.8) is 0 Å². The molecule has 41 heavy (non-hydrogen) atoms. The molecule has 0 atom stereocenters. The van der Waals surface area contributed by atoms with E-state index in [-0.39, 0.29) is 11.2 Å². The SMILES string of the molecule is CC1(C)OB(c2ccc(-c3ccc(-c4ccc5c(c4)oc4ccccc45)c4c3oc3ccccc34)cc2)OC1(C)C. The van der Waals surface area contributed by atoms with E-state index in [9.17, 15) is 0 Å². The van der Waals surface area contributed by atoms with Gasteiger partial charge in [-0.05, 0) is 80.2 Å². The van der Waals surface area contributed by atoms with Crippen molar-refractivity contribution in [3.05, 3.63) is 103 Å². The highest BCUT2D eigenvalue weighted by molar-refractivity contribution is 6.62. The van der Waals surface area contributed by atoms with E-state index >= 15 is 0 Å². The first-order chi connectivity index (χ1) is 19.8.